The number of hydrogen-bond donors (Lipinski definition) is 1. The summed E-state index contributed by atoms with van der Waals surface area (Å²) in [5, 5.41) is 10.6. The van der Waals surface area contributed by atoms with Crippen molar-refractivity contribution in [1.82, 2.24) is 20.3 Å². The summed E-state index contributed by atoms with van der Waals surface area (Å²) in [5.74, 6) is -3.56. The topological polar surface area (TPSA) is 183 Å². The molecule has 1 aliphatic heterocycles. The van der Waals surface area contributed by atoms with E-state index in [9.17, 15) is 24.0 Å². The van der Waals surface area contributed by atoms with Crippen LogP contribution in [0.15, 0.2) is 6.20 Å². The van der Waals surface area contributed by atoms with E-state index in [1.807, 2.05) is 0 Å². The molecule has 0 radical (unpaired) electrons. The molecular weight excluding hydrogens is 604 g/mol. The Morgan fingerprint density at radius 2 is 1.35 bits per heavy atom. The first-order valence-corrected chi connectivity index (χ1v) is 16.1. The van der Waals surface area contributed by atoms with Crippen molar-refractivity contribution in [1.29, 1.82) is 0 Å². The fourth-order valence-corrected chi connectivity index (χ4v) is 5.05. The van der Waals surface area contributed by atoms with Crippen molar-refractivity contribution >= 4 is 29.8 Å². The summed E-state index contributed by atoms with van der Waals surface area (Å²) in [5.41, 5.74) is 0.548. The molecule has 15 heteroatoms. The SMILES string of the molecule is CCCCCCCCCCCCOCc1cn(CC(=O)N[C@@H]2O[C@H](COC(C)=O)[C@@H](OC(C)=O)[C@H](OC(C)=O)[C@@H]2OC(C)=O)nn1. The second-order valence-corrected chi connectivity index (χ2v) is 11.3. The summed E-state index contributed by atoms with van der Waals surface area (Å²) in [4.78, 5) is 60.3. The summed E-state index contributed by atoms with van der Waals surface area (Å²) in [6.45, 7) is 6.92. The molecule has 1 amide bonds. The molecule has 1 aromatic rings. The van der Waals surface area contributed by atoms with Crippen LogP contribution >= 0.6 is 0 Å². The van der Waals surface area contributed by atoms with Gasteiger partial charge in [0.05, 0.1) is 12.8 Å². The van der Waals surface area contributed by atoms with Gasteiger partial charge in [-0.1, -0.05) is 69.9 Å². The molecule has 0 bridgehead atoms. The molecule has 1 N–H and O–H groups in total. The van der Waals surface area contributed by atoms with E-state index in [4.69, 9.17) is 28.4 Å². The average molecular weight is 655 g/mol. The van der Waals surface area contributed by atoms with Gasteiger partial charge in [-0.15, -0.1) is 5.10 Å². The maximum absolute atomic E-state index is 13.0. The van der Waals surface area contributed by atoms with Crippen molar-refractivity contribution in [2.24, 2.45) is 0 Å². The summed E-state index contributed by atoms with van der Waals surface area (Å²) >= 11 is 0. The molecule has 46 heavy (non-hydrogen) atoms. The standard InChI is InChI=1S/C31H50N4O11/c1-6-7-8-9-10-11-12-13-14-15-16-41-19-25-17-35(34-33-25)18-27(40)32-31-30(45-24(5)39)29(44-23(4)38)28(43-22(3)37)26(46-31)20-42-21(2)36/h17,26,28-31H,6-16,18-20H2,1-5H3,(H,32,40)/t26-,28-,29+,30+,31-/m1/s1. The van der Waals surface area contributed by atoms with Crippen LogP contribution in [0.3, 0.4) is 0 Å². The lowest BCUT2D eigenvalue weighted by Crippen LogP contribution is -2.66. The second kappa shape index (κ2) is 21.3. The summed E-state index contributed by atoms with van der Waals surface area (Å²) < 4.78 is 34.0. The zero-order valence-corrected chi connectivity index (χ0v) is 27.7. The minimum absolute atomic E-state index is 0.249. The smallest absolute Gasteiger partial charge is 0.303 e. The molecule has 0 aliphatic carbocycles. The molecule has 2 heterocycles. The van der Waals surface area contributed by atoms with E-state index in [1.165, 1.54) is 63.0 Å². The maximum Gasteiger partial charge on any atom is 0.303 e. The Hall–Kier alpha value is -3.59. The number of aromatic nitrogens is 3. The van der Waals surface area contributed by atoms with Gasteiger partial charge in [0.2, 0.25) is 5.91 Å². The highest BCUT2D eigenvalue weighted by molar-refractivity contribution is 5.76. The molecule has 2 rings (SSSR count). The van der Waals surface area contributed by atoms with Crippen molar-refractivity contribution in [3.8, 4) is 0 Å². The van der Waals surface area contributed by atoms with Crippen LogP contribution in [0.2, 0.25) is 0 Å². The minimum Gasteiger partial charge on any atom is -0.463 e. The maximum atomic E-state index is 13.0. The Morgan fingerprint density at radius 1 is 0.783 bits per heavy atom. The Bertz CT molecular complexity index is 1110. The highest BCUT2D eigenvalue weighted by atomic mass is 16.7. The van der Waals surface area contributed by atoms with E-state index in [-0.39, 0.29) is 13.2 Å². The number of carbonyl (C=O) groups excluding carboxylic acids is 5. The quantitative estimate of drug-likeness (QED) is 0.116. The van der Waals surface area contributed by atoms with Gasteiger partial charge in [-0.3, -0.25) is 24.0 Å². The number of hydrogen-bond acceptors (Lipinski definition) is 13. The third kappa shape index (κ3) is 15.1. The Balaban J connectivity index is 1.93. The van der Waals surface area contributed by atoms with Crippen LogP contribution in [0.5, 0.6) is 0 Å². The number of ether oxygens (including phenoxy) is 6. The first-order valence-electron chi connectivity index (χ1n) is 16.1. The molecule has 0 aromatic carbocycles. The lowest BCUT2D eigenvalue weighted by molar-refractivity contribution is -0.257. The zero-order chi connectivity index (χ0) is 33.9. The van der Waals surface area contributed by atoms with Gasteiger partial charge in [0, 0.05) is 34.3 Å². The first kappa shape index (κ1) is 38.6. The molecule has 1 aliphatic rings. The van der Waals surface area contributed by atoms with Crippen LogP contribution < -0.4 is 5.32 Å². The molecule has 1 saturated heterocycles. The van der Waals surface area contributed by atoms with Gasteiger partial charge in [0.15, 0.2) is 24.5 Å². The molecular formula is C31H50N4O11. The minimum atomic E-state index is -1.41. The molecule has 15 nitrogen and oxygen atoms in total. The van der Waals surface area contributed by atoms with Crippen molar-refractivity contribution < 1.29 is 52.4 Å². The second-order valence-electron chi connectivity index (χ2n) is 11.3. The van der Waals surface area contributed by atoms with Crippen LogP contribution in [-0.4, -0.2) is 88.6 Å². The molecule has 0 saturated carbocycles. The van der Waals surface area contributed by atoms with Crippen molar-refractivity contribution in [3.05, 3.63) is 11.9 Å². The largest absolute Gasteiger partial charge is 0.463 e. The fourth-order valence-electron chi connectivity index (χ4n) is 5.05. The van der Waals surface area contributed by atoms with Gasteiger partial charge in [-0.05, 0) is 6.42 Å². The van der Waals surface area contributed by atoms with Crippen molar-refractivity contribution in [2.45, 2.75) is 143 Å². The van der Waals surface area contributed by atoms with Gasteiger partial charge in [-0.25, -0.2) is 4.68 Å². The van der Waals surface area contributed by atoms with Crippen molar-refractivity contribution in [3.63, 3.8) is 0 Å². The Morgan fingerprint density at radius 3 is 1.93 bits per heavy atom. The summed E-state index contributed by atoms with van der Waals surface area (Å²) in [7, 11) is 0. The van der Waals surface area contributed by atoms with Crippen LogP contribution in [0.25, 0.3) is 0 Å². The van der Waals surface area contributed by atoms with E-state index in [1.54, 1.807) is 6.20 Å². The molecule has 0 spiro atoms. The number of unbranched alkanes of at least 4 members (excludes halogenated alkanes) is 9. The monoisotopic (exact) mass is 654 g/mol. The average Bonchev–Trinajstić information content (AvgIpc) is 3.41. The van der Waals surface area contributed by atoms with Crippen LogP contribution in [0, 0.1) is 0 Å². The number of amides is 1. The molecule has 1 fully saturated rings. The lowest BCUT2D eigenvalue weighted by atomic mass is 9.97. The van der Waals surface area contributed by atoms with E-state index >= 15 is 0 Å². The van der Waals surface area contributed by atoms with Crippen molar-refractivity contribution in [2.75, 3.05) is 13.2 Å². The van der Waals surface area contributed by atoms with Gasteiger partial charge < -0.3 is 33.7 Å². The highest BCUT2D eigenvalue weighted by Crippen LogP contribution is 2.28. The number of carbonyl (C=O) groups is 5. The number of esters is 4. The predicted octanol–water partition coefficient (Wildman–Crippen LogP) is 2.91. The predicted molar refractivity (Wildman–Crippen MR) is 162 cm³/mol. The van der Waals surface area contributed by atoms with Gasteiger partial charge in [0.25, 0.3) is 0 Å². The normalized spacial score (nSPS) is 20.8. The van der Waals surface area contributed by atoms with E-state index in [0.29, 0.717) is 12.3 Å². The lowest BCUT2D eigenvalue weighted by Gasteiger charge is -2.44. The highest BCUT2D eigenvalue weighted by Gasteiger charge is 2.52. The number of nitrogens with one attached hydrogen (secondary N) is 1. The summed E-state index contributed by atoms with van der Waals surface area (Å²) in [6, 6.07) is 0. The number of rotatable bonds is 21. The van der Waals surface area contributed by atoms with E-state index in [2.05, 4.69) is 22.6 Å². The van der Waals surface area contributed by atoms with Gasteiger partial charge in [0.1, 0.15) is 24.9 Å². The molecule has 5 atom stereocenters. The van der Waals surface area contributed by atoms with E-state index in [0.717, 1.165) is 33.6 Å². The number of nitrogens with zero attached hydrogens (tertiary/aromatic N) is 3. The van der Waals surface area contributed by atoms with Crippen LogP contribution in [0.1, 0.15) is 105 Å². The fraction of sp³-hybridized carbons (Fsp3) is 0.774. The van der Waals surface area contributed by atoms with E-state index < -0.39 is 67.0 Å². The third-order valence-corrected chi connectivity index (χ3v) is 7.08. The molecule has 0 unspecified atom stereocenters. The first-order chi connectivity index (χ1) is 22.0. The van der Waals surface area contributed by atoms with Gasteiger partial charge >= 0.3 is 23.9 Å². The zero-order valence-electron chi connectivity index (χ0n) is 27.7. The van der Waals surface area contributed by atoms with Gasteiger partial charge in [-0.2, -0.15) is 0 Å². The molecule has 260 valence electrons. The Labute approximate surface area is 270 Å². The van der Waals surface area contributed by atoms with Crippen LogP contribution in [0.4, 0.5) is 0 Å². The Kier molecular flexibility index (Phi) is 17.8. The molecule has 1 aromatic heterocycles. The third-order valence-electron chi connectivity index (χ3n) is 7.08. The van der Waals surface area contributed by atoms with Crippen LogP contribution in [-0.2, 0) is 65.5 Å². The summed E-state index contributed by atoms with van der Waals surface area (Å²) in [6.07, 6.45) is 7.27.